The molecule has 0 saturated carbocycles. The molecule has 1 N–H and O–H groups in total. The fraction of sp³-hybridized carbons (Fsp3) is 0.417. The van der Waals surface area contributed by atoms with Gasteiger partial charge < -0.3 is 10.1 Å². The zero-order valence-corrected chi connectivity index (χ0v) is 8.41. The van der Waals surface area contributed by atoms with Crippen LogP contribution < -0.4 is 5.32 Å². The molecule has 0 bridgehead atoms. The summed E-state index contributed by atoms with van der Waals surface area (Å²) in [7, 11) is 0. The molecule has 2 rings (SSSR count). The van der Waals surface area contributed by atoms with Gasteiger partial charge in [0.05, 0.1) is 0 Å². The van der Waals surface area contributed by atoms with Crippen LogP contribution in [0.3, 0.4) is 0 Å². The summed E-state index contributed by atoms with van der Waals surface area (Å²) in [6.07, 6.45) is 4.22. The smallest absolute Gasteiger partial charge is 0.124 e. The first kappa shape index (κ1) is 10.9. The molecule has 0 amide bonds. The van der Waals surface area contributed by atoms with Gasteiger partial charge in [0.2, 0.25) is 0 Å². The molecule has 1 aromatic carbocycles. The fourth-order valence-corrected chi connectivity index (χ4v) is 1.34. The minimum atomic E-state index is 0.529. The highest BCUT2D eigenvalue weighted by Crippen LogP contribution is 1.96. The summed E-state index contributed by atoms with van der Waals surface area (Å²) in [5, 5.41) is 3.22. The van der Waals surface area contributed by atoms with Crippen LogP contribution in [0.15, 0.2) is 30.3 Å². The van der Waals surface area contributed by atoms with E-state index in [1.54, 1.807) is 0 Å². The maximum Gasteiger partial charge on any atom is 0.124 e. The molecule has 1 fully saturated rings. The minimum Gasteiger partial charge on any atom is -0.317 e. The van der Waals surface area contributed by atoms with Crippen LogP contribution >= 0.6 is 0 Å². The summed E-state index contributed by atoms with van der Waals surface area (Å²) in [5.41, 5.74) is 1.08. The van der Waals surface area contributed by atoms with Crippen molar-refractivity contribution in [3.05, 3.63) is 35.9 Å². The summed E-state index contributed by atoms with van der Waals surface area (Å²) in [6.45, 7) is 2.50. The van der Waals surface area contributed by atoms with Crippen molar-refractivity contribution in [2.45, 2.75) is 19.3 Å². The average Bonchev–Trinajstić information content (AvgIpc) is 2.78. The average molecular weight is 191 g/mol. The Balaban J connectivity index is 0.000000165. The SMILES string of the molecule is C1CCNC1.O=CCc1ccccc1. The van der Waals surface area contributed by atoms with Crippen molar-refractivity contribution in [3.63, 3.8) is 0 Å². The van der Waals surface area contributed by atoms with Crippen molar-refractivity contribution in [1.29, 1.82) is 0 Å². The molecule has 0 radical (unpaired) electrons. The molecule has 14 heavy (non-hydrogen) atoms. The lowest BCUT2D eigenvalue weighted by atomic mass is 10.2. The lowest BCUT2D eigenvalue weighted by Crippen LogP contribution is -2.03. The Morgan fingerprint density at radius 3 is 2.21 bits per heavy atom. The number of carbonyl (C=O) groups is 1. The van der Waals surface area contributed by atoms with E-state index in [-0.39, 0.29) is 0 Å². The van der Waals surface area contributed by atoms with Gasteiger partial charge in [0, 0.05) is 6.42 Å². The van der Waals surface area contributed by atoms with E-state index in [0.29, 0.717) is 6.42 Å². The molecule has 1 aromatic rings. The molecule has 0 spiro atoms. The van der Waals surface area contributed by atoms with Crippen LogP contribution in [0.5, 0.6) is 0 Å². The minimum absolute atomic E-state index is 0.529. The molecule has 0 aliphatic carbocycles. The predicted octanol–water partition coefficient (Wildman–Crippen LogP) is 1.80. The fourth-order valence-electron chi connectivity index (χ4n) is 1.34. The predicted molar refractivity (Wildman–Crippen MR) is 58.3 cm³/mol. The number of nitrogens with one attached hydrogen (secondary N) is 1. The molecule has 1 aliphatic heterocycles. The second kappa shape index (κ2) is 7.27. The van der Waals surface area contributed by atoms with E-state index in [4.69, 9.17) is 0 Å². The summed E-state index contributed by atoms with van der Waals surface area (Å²) in [6, 6.07) is 9.68. The standard InChI is InChI=1S/C8H8O.C4H9N/c9-7-6-8-4-2-1-3-5-8;1-2-4-5-3-1/h1-5,7H,6H2;5H,1-4H2. The van der Waals surface area contributed by atoms with Crippen molar-refractivity contribution in [2.24, 2.45) is 0 Å². The highest BCUT2D eigenvalue weighted by Gasteiger charge is 1.93. The van der Waals surface area contributed by atoms with E-state index in [9.17, 15) is 4.79 Å². The summed E-state index contributed by atoms with van der Waals surface area (Å²) in [5.74, 6) is 0. The molecule has 1 saturated heterocycles. The van der Waals surface area contributed by atoms with Crippen molar-refractivity contribution >= 4 is 6.29 Å². The van der Waals surface area contributed by atoms with Gasteiger partial charge in [-0.2, -0.15) is 0 Å². The van der Waals surface area contributed by atoms with Crippen molar-refractivity contribution in [3.8, 4) is 0 Å². The Kier molecular flexibility index (Phi) is 5.68. The van der Waals surface area contributed by atoms with Crippen LogP contribution in [-0.4, -0.2) is 19.4 Å². The zero-order valence-electron chi connectivity index (χ0n) is 8.41. The Morgan fingerprint density at radius 2 is 1.79 bits per heavy atom. The Labute approximate surface area is 85.3 Å². The number of rotatable bonds is 2. The first-order valence-electron chi connectivity index (χ1n) is 5.12. The number of carbonyl (C=O) groups excluding carboxylic acids is 1. The zero-order chi connectivity index (χ0) is 10.1. The van der Waals surface area contributed by atoms with E-state index in [2.05, 4.69) is 5.32 Å². The van der Waals surface area contributed by atoms with Gasteiger partial charge in [-0.05, 0) is 31.5 Å². The van der Waals surface area contributed by atoms with Gasteiger partial charge in [-0.25, -0.2) is 0 Å². The van der Waals surface area contributed by atoms with Gasteiger partial charge in [0.1, 0.15) is 6.29 Å². The van der Waals surface area contributed by atoms with E-state index < -0.39 is 0 Å². The molecule has 2 nitrogen and oxygen atoms in total. The monoisotopic (exact) mass is 191 g/mol. The van der Waals surface area contributed by atoms with Crippen LogP contribution in [-0.2, 0) is 11.2 Å². The largest absolute Gasteiger partial charge is 0.317 e. The molecule has 0 atom stereocenters. The lowest BCUT2D eigenvalue weighted by Gasteiger charge is -1.89. The molecule has 0 unspecified atom stereocenters. The third-order valence-corrected chi connectivity index (χ3v) is 2.12. The maximum absolute atomic E-state index is 9.97. The number of hydrogen-bond donors (Lipinski definition) is 1. The van der Waals surface area contributed by atoms with Crippen LogP contribution in [0.4, 0.5) is 0 Å². The Bertz CT molecular complexity index is 234. The van der Waals surface area contributed by atoms with Crippen LogP contribution in [0.25, 0.3) is 0 Å². The van der Waals surface area contributed by atoms with Gasteiger partial charge in [-0.3, -0.25) is 0 Å². The van der Waals surface area contributed by atoms with Crippen LogP contribution in [0.2, 0.25) is 0 Å². The molecule has 76 valence electrons. The molecular weight excluding hydrogens is 174 g/mol. The van der Waals surface area contributed by atoms with Gasteiger partial charge in [0.25, 0.3) is 0 Å². The molecule has 1 aliphatic rings. The molecule has 0 aromatic heterocycles. The first-order chi connectivity index (χ1) is 6.93. The Hall–Kier alpha value is -1.15. The highest BCUT2D eigenvalue weighted by atomic mass is 16.1. The van der Waals surface area contributed by atoms with Crippen LogP contribution in [0, 0.1) is 0 Å². The van der Waals surface area contributed by atoms with E-state index in [1.807, 2.05) is 30.3 Å². The normalized spacial score (nSPS) is 14.3. The van der Waals surface area contributed by atoms with E-state index >= 15 is 0 Å². The quantitative estimate of drug-likeness (QED) is 0.722. The van der Waals surface area contributed by atoms with Crippen LogP contribution in [0.1, 0.15) is 18.4 Å². The van der Waals surface area contributed by atoms with Gasteiger partial charge in [-0.1, -0.05) is 30.3 Å². The van der Waals surface area contributed by atoms with Crippen molar-refractivity contribution in [1.82, 2.24) is 5.32 Å². The first-order valence-corrected chi connectivity index (χ1v) is 5.12. The molecule has 1 heterocycles. The number of benzene rings is 1. The highest BCUT2D eigenvalue weighted by molar-refractivity contribution is 5.54. The van der Waals surface area contributed by atoms with Crippen molar-refractivity contribution < 1.29 is 4.79 Å². The molecular formula is C12H17NO. The third kappa shape index (κ3) is 4.77. The lowest BCUT2D eigenvalue weighted by molar-refractivity contribution is -0.107. The van der Waals surface area contributed by atoms with Crippen molar-refractivity contribution in [2.75, 3.05) is 13.1 Å². The summed E-state index contributed by atoms with van der Waals surface area (Å²) >= 11 is 0. The van der Waals surface area contributed by atoms with Gasteiger partial charge in [0.15, 0.2) is 0 Å². The Morgan fingerprint density at radius 1 is 1.14 bits per heavy atom. The second-order valence-corrected chi connectivity index (χ2v) is 3.31. The van der Waals surface area contributed by atoms with Gasteiger partial charge >= 0.3 is 0 Å². The topological polar surface area (TPSA) is 29.1 Å². The van der Waals surface area contributed by atoms with E-state index in [1.165, 1.54) is 25.9 Å². The van der Waals surface area contributed by atoms with Gasteiger partial charge in [-0.15, -0.1) is 0 Å². The maximum atomic E-state index is 9.97. The number of aldehydes is 1. The molecule has 2 heteroatoms. The third-order valence-electron chi connectivity index (χ3n) is 2.12. The van der Waals surface area contributed by atoms with E-state index in [0.717, 1.165) is 11.8 Å². The number of hydrogen-bond acceptors (Lipinski definition) is 2. The summed E-state index contributed by atoms with van der Waals surface area (Å²) in [4.78, 5) is 9.97. The summed E-state index contributed by atoms with van der Waals surface area (Å²) < 4.78 is 0. The second-order valence-electron chi connectivity index (χ2n) is 3.31.